The maximum absolute atomic E-state index is 13.0. The van der Waals surface area contributed by atoms with Crippen molar-refractivity contribution < 1.29 is 32.9 Å². The van der Waals surface area contributed by atoms with Crippen LogP contribution in [0.1, 0.15) is 277 Å². The summed E-state index contributed by atoms with van der Waals surface area (Å²) in [5.74, 6) is -0.205. The van der Waals surface area contributed by atoms with Crippen molar-refractivity contribution in [3.63, 3.8) is 0 Å². The highest BCUT2D eigenvalue weighted by Gasteiger charge is 2.23. The molecular weight excluding hydrogens is 852 g/mol. The van der Waals surface area contributed by atoms with Crippen molar-refractivity contribution >= 4 is 13.7 Å². The van der Waals surface area contributed by atoms with E-state index in [1.54, 1.807) is 6.08 Å². The van der Waals surface area contributed by atoms with Crippen molar-refractivity contribution in [3.05, 3.63) is 36.5 Å². The van der Waals surface area contributed by atoms with Crippen LogP contribution in [-0.2, 0) is 18.4 Å². The number of phosphoric acid groups is 1. The van der Waals surface area contributed by atoms with Gasteiger partial charge in [-0.25, -0.2) is 0 Å². The van der Waals surface area contributed by atoms with Crippen molar-refractivity contribution in [1.29, 1.82) is 0 Å². The SMILES string of the molecule is CCCCCCCCCCCCC/C=C/CC/C=C/C(O)C(COP(=O)([O-])OCC[N+](C)(C)C)NC(=O)CCCCCCCCCCCCCC/C=C\CCCCCCCCCCCCCC. The molecule has 0 saturated heterocycles. The Morgan fingerprint density at radius 3 is 1.21 bits per heavy atom. The summed E-state index contributed by atoms with van der Waals surface area (Å²) in [6.07, 6.45) is 63.7. The van der Waals surface area contributed by atoms with Gasteiger partial charge in [0.15, 0.2) is 0 Å². The zero-order chi connectivity index (χ0) is 49.2. The Kier molecular flexibility index (Phi) is 48.7. The Morgan fingerprint density at radius 1 is 0.507 bits per heavy atom. The molecule has 0 aromatic carbocycles. The molecule has 3 unspecified atom stereocenters. The molecule has 0 heterocycles. The van der Waals surface area contributed by atoms with Crippen LogP contribution in [-0.4, -0.2) is 68.5 Å². The van der Waals surface area contributed by atoms with Crippen molar-refractivity contribution in [2.75, 3.05) is 40.9 Å². The number of aliphatic hydroxyl groups is 1. The predicted octanol–water partition coefficient (Wildman–Crippen LogP) is 16.7. The van der Waals surface area contributed by atoms with Crippen molar-refractivity contribution in [1.82, 2.24) is 5.32 Å². The van der Waals surface area contributed by atoms with E-state index in [1.807, 2.05) is 27.2 Å². The van der Waals surface area contributed by atoms with Gasteiger partial charge in [0, 0.05) is 6.42 Å². The van der Waals surface area contributed by atoms with Gasteiger partial charge in [-0.3, -0.25) is 9.36 Å². The molecule has 0 aliphatic rings. The molecule has 2 N–H and O–H groups in total. The number of nitrogens with one attached hydrogen (secondary N) is 1. The molecule has 67 heavy (non-hydrogen) atoms. The molecule has 0 aliphatic carbocycles. The van der Waals surface area contributed by atoms with Crippen LogP contribution >= 0.6 is 7.82 Å². The highest BCUT2D eigenvalue weighted by Crippen LogP contribution is 2.38. The molecule has 0 radical (unpaired) electrons. The lowest BCUT2D eigenvalue weighted by Gasteiger charge is -2.29. The number of hydrogen-bond donors (Lipinski definition) is 2. The van der Waals surface area contributed by atoms with E-state index in [2.05, 4.69) is 43.5 Å². The number of rotatable bonds is 53. The van der Waals surface area contributed by atoms with Crippen molar-refractivity contribution in [2.24, 2.45) is 0 Å². The molecule has 0 rings (SSSR count). The van der Waals surface area contributed by atoms with Crippen LogP contribution in [0.5, 0.6) is 0 Å². The number of likely N-dealkylation sites (N-methyl/N-ethyl adjacent to an activating group) is 1. The number of carbonyl (C=O) groups is 1. The number of unbranched alkanes of at least 4 members (excludes halogenated alkanes) is 36. The summed E-state index contributed by atoms with van der Waals surface area (Å²) in [7, 11) is 1.25. The largest absolute Gasteiger partial charge is 0.756 e. The fourth-order valence-electron chi connectivity index (χ4n) is 8.52. The van der Waals surface area contributed by atoms with E-state index in [0.29, 0.717) is 17.4 Å². The minimum absolute atomic E-state index is 0.00560. The third-order valence-corrected chi connectivity index (χ3v) is 14.0. The van der Waals surface area contributed by atoms with Crippen LogP contribution in [0.2, 0.25) is 0 Å². The molecule has 3 atom stereocenters. The lowest BCUT2D eigenvalue weighted by Crippen LogP contribution is -2.45. The van der Waals surface area contributed by atoms with Gasteiger partial charge in [0.05, 0.1) is 39.9 Å². The monoisotopic (exact) mass is 965 g/mol. The van der Waals surface area contributed by atoms with Crippen LogP contribution in [0.25, 0.3) is 0 Å². The molecule has 0 aromatic heterocycles. The maximum atomic E-state index is 13.0. The second-order valence-electron chi connectivity index (χ2n) is 21.0. The Bertz CT molecular complexity index is 1190. The summed E-state index contributed by atoms with van der Waals surface area (Å²) in [4.78, 5) is 25.5. The van der Waals surface area contributed by atoms with E-state index in [9.17, 15) is 19.4 Å². The number of carbonyl (C=O) groups excluding carboxylic acids is 1. The van der Waals surface area contributed by atoms with Gasteiger partial charge < -0.3 is 28.8 Å². The van der Waals surface area contributed by atoms with Crippen LogP contribution in [0.15, 0.2) is 36.5 Å². The molecule has 0 spiro atoms. The summed E-state index contributed by atoms with van der Waals surface area (Å²) in [6, 6.07) is -0.903. The van der Waals surface area contributed by atoms with E-state index in [0.717, 1.165) is 38.5 Å². The zero-order valence-corrected chi connectivity index (χ0v) is 46.0. The smallest absolute Gasteiger partial charge is 0.268 e. The summed E-state index contributed by atoms with van der Waals surface area (Å²) >= 11 is 0. The molecule has 9 heteroatoms. The minimum atomic E-state index is -4.60. The standard InChI is InChI=1S/C58H113N2O6P/c1-6-8-10-12-14-16-18-20-22-24-25-26-27-28-29-30-31-32-33-34-36-38-40-42-44-46-48-50-52-58(62)59-56(55-66-67(63,64)65-54-53-60(3,4)5)57(61)51-49-47-45-43-41-39-37-35-23-21-19-17-15-13-11-9-7-2/h28-29,41,43,49,51,56-57,61H,6-27,30-40,42,44-48,50,52-55H2,1-5H3,(H-,59,62,63,64)/b29-28-,43-41+,51-49+. The van der Waals surface area contributed by atoms with Crippen LogP contribution < -0.4 is 10.2 Å². The number of phosphoric ester groups is 1. The van der Waals surface area contributed by atoms with Gasteiger partial charge in [0.2, 0.25) is 5.91 Å². The van der Waals surface area contributed by atoms with E-state index >= 15 is 0 Å². The van der Waals surface area contributed by atoms with Gasteiger partial charge in [-0.15, -0.1) is 0 Å². The molecular formula is C58H113N2O6P. The van der Waals surface area contributed by atoms with Gasteiger partial charge >= 0.3 is 0 Å². The van der Waals surface area contributed by atoms with Gasteiger partial charge in [0.25, 0.3) is 7.82 Å². The van der Waals surface area contributed by atoms with E-state index in [4.69, 9.17) is 9.05 Å². The number of quaternary nitrogens is 1. The Labute approximate surface area is 417 Å². The fourth-order valence-corrected chi connectivity index (χ4v) is 9.24. The zero-order valence-electron chi connectivity index (χ0n) is 45.1. The topological polar surface area (TPSA) is 108 Å². The second kappa shape index (κ2) is 49.7. The summed E-state index contributed by atoms with van der Waals surface area (Å²) in [6.45, 7) is 4.66. The van der Waals surface area contributed by atoms with Crippen LogP contribution in [0.3, 0.4) is 0 Å². The fraction of sp³-hybridized carbons (Fsp3) is 0.879. The summed E-state index contributed by atoms with van der Waals surface area (Å²) in [5.41, 5.74) is 0. The van der Waals surface area contributed by atoms with Crippen molar-refractivity contribution in [2.45, 2.75) is 289 Å². The van der Waals surface area contributed by atoms with E-state index < -0.39 is 26.6 Å². The first-order valence-corrected chi connectivity index (χ1v) is 30.3. The number of allylic oxidation sites excluding steroid dienone is 5. The number of amides is 1. The average molecular weight is 966 g/mol. The predicted molar refractivity (Wildman–Crippen MR) is 288 cm³/mol. The van der Waals surface area contributed by atoms with Gasteiger partial charge in [-0.2, -0.15) is 0 Å². The minimum Gasteiger partial charge on any atom is -0.756 e. The van der Waals surface area contributed by atoms with E-state index in [-0.39, 0.29) is 12.5 Å². The van der Waals surface area contributed by atoms with Gasteiger partial charge in [-0.05, 0) is 57.8 Å². The first kappa shape index (κ1) is 65.7. The number of aliphatic hydroxyl groups excluding tert-OH is 1. The molecule has 0 aromatic rings. The first-order chi connectivity index (χ1) is 32.5. The number of nitrogens with zero attached hydrogens (tertiary/aromatic N) is 1. The van der Waals surface area contributed by atoms with Crippen LogP contribution in [0, 0.1) is 0 Å². The maximum Gasteiger partial charge on any atom is 0.268 e. The Balaban J connectivity index is 4.17. The summed E-state index contributed by atoms with van der Waals surface area (Å²) in [5, 5.41) is 13.9. The Hall–Kier alpha value is -1.28. The first-order valence-electron chi connectivity index (χ1n) is 28.9. The highest BCUT2D eigenvalue weighted by molar-refractivity contribution is 7.45. The van der Waals surface area contributed by atoms with Gasteiger partial charge in [-0.1, -0.05) is 249 Å². The lowest BCUT2D eigenvalue weighted by molar-refractivity contribution is -0.870. The quantitative estimate of drug-likeness (QED) is 0.0272. The second-order valence-corrected chi connectivity index (χ2v) is 22.4. The molecule has 0 saturated carbocycles. The molecule has 0 bridgehead atoms. The normalized spacial score (nSPS) is 14.2. The molecule has 396 valence electrons. The van der Waals surface area contributed by atoms with Gasteiger partial charge in [0.1, 0.15) is 13.2 Å². The highest BCUT2D eigenvalue weighted by atomic mass is 31.2. The van der Waals surface area contributed by atoms with E-state index in [1.165, 1.54) is 218 Å². The molecule has 0 aliphatic heterocycles. The molecule has 1 amide bonds. The molecule has 8 nitrogen and oxygen atoms in total. The Morgan fingerprint density at radius 2 is 0.836 bits per heavy atom. The van der Waals surface area contributed by atoms with Crippen LogP contribution in [0.4, 0.5) is 0 Å². The molecule has 0 fully saturated rings. The third kappa shape index (κ3) is 52.4. The number of hydrogen-bond acceptors (Lipinski definition) is 6. The van der Waals surface area contributed by atoms with Crippen molar-refractivity contribution in [3.8, 4) is 0 Å². The summed E-state index contributed by atoms with van der Waals surface area (Å²) < 4.78 is 23.3. The average Bonchev–Trinajstić information content (AvgIpc) is 3.29. The third-order valence-electron chi connectivity index (χ3n) is 13.1. The lowest BCUT2D eigenvalue weighted by atomic mass is 10.0.